The largest absolute Gasteiger partial charge is 0.478 e. The molecule has 0 aliphatic carbocycles. The van der Waals surface area contributed by atoms with Crippen molar-refractivity contribution in [2.45, 2.75) is 6.42 Å². The maximum absolute atomic E-state index is 11.4. The first-order valence-corrected chi connectivity index (χ1v) is 5.34. The Bertz CT molecular complexity index is 479. The van der Waals surface area contributed by atoms with Crippen molar-refractivity contribution in [3.8, 4) is 0 Å². The monoisotopic (exact) mass is 267 g/mol. The van der Waals surface area contributed by atoms with Crippen LogP contribution in [0, 0.1) is 0 Å². The van der Waals surface area contributed by atoms with E-state index < -0.39 is 11.9 Å². The highest BCUT2D eigenvalue weighted by Crippen LogP contribution is 2.15. The first-order valence-electron chi connectivity index (χ1n) is 5.34. The molecule has 0 aromatic heterocycles. The molecular weight excluding hydrogens is 254 g/mol. The van der Waals surface area contributed by atoms with Crippen molar-refractivity contribution in [3.05, 3.63) is 29.3 Å². The van der Waals surface area contributed by atoms with Crippen LogP contribution < -0.4 is 5.32 Å². The average Bonchev–Trinajstić information content (AvgIpc) is 2.35. The van der Waals surface area contributed by atoms with Crippen molar-refractivity contribution in [1.82, 2.24) is 0 Å². The van der Waals surface area contributed by atoms with Gasteiger partial charge in [0.05, 0.1) is 24.2 Å². The van der Waals surface area contributed by atoms with Crippen molar-refractivity contribution in [3.63, 3.8) is 0 Å². The summed E-state index contributed by atoms with van der Waals surface area (Å²) in [7, 11) is 1.45. The lowest BCUT2D eigenvalue weighted by Crippen LogP contribution is -2.15. The van der Waals surface area contributed by atoms with E-state index in [0.29, 0.717) is 0 Å². The number of carboxylic acids is 2. The SMILES string of the molecule is COCCC(=O)Nc1cc(C(=O)O)cc(C(=O)O)c1. The number of hydrogen-bond acceptors (Lipinski definition) is 4. The van der Waals surface area contributed by atoms with Gasteiger partial charge in [0.15, 0.2) is 0 Å². The molecule has 19 heavy (non-hydrogen) atoms. The summed E-state index contributed by atoms with van der Waals surface area (Å²) in [6.45, 7) is 0.218. The predicted octanol–water partition coefficient (Wildman–Crippen LogP) is 1.06. The van der Waals surface area contributed by atoms with E-state index in [-0.39, 0.29) is 35.7 Å². The minimum Gasteiger partial charge on any atom is -0.478 e. The fraction of sp³-hybridized carbons (Fsp3) is 0.250. The van der Waals surface area contributed by atoms with Crippen LogP contribution in [0.15, 0.2) is 18.2 Å². The number of amides is 1. The molecular formula is C12H13NO6. The number of nitrogens with one attached hydrogen (secondary N) is 1. The topological polar surface area (TPSA) is 113 Å². The van der Waals surface area contributed by atoms with Crippen LogP contribution >= 0.6 is 0 Å². The Hall–Kier alpha value is -2.41. The van der Waals surface area contributed by atoms with Crippen molar-refractivity contribution in [2.24, 2.45) is 0 Å². The molecule has 1 aromatic carbocycles. The molecule has 7 nitrogen and oxygen atoms in total. The molecule has 0 unspecified atom stereocenters. The molecule has 0 aliphatic heterocycles. The molecule has 0 spiro atoms. The Kier molecular flexibility index (Phi) is 5.01. The van der Waals surface area contributed by atoms with Gasteiger partial charge in [-0.2, -0.15) is 0 Å². The number of rotatable bonds is 6. The third kappa shape index (κ3) is 4.40. The molecule has 0 fully saturated rings. The van der Waals surface area contributed by atoms with E-state index in [1.54, 1.807) is 0 Å². The van der Waals surface area contributed by atoms with Crippen LogP contribution in [-0.4, -0.2) is 41.8 Å². The number of carbonyl (C=O) groups excluding carboxylic acids is 1. The molecule has 3 N–H and O–H groups in total. The standard InChI is InChI=1S/C12H13NO6/c1-19-3-2-10(14)13-9-5-7(11(15)16)4-8(6-9)12(17)18/h4-6H,2-3H2,1H3,(H,13,14)(H,15,16)(H,17,18). The maximum atomic E-state index is 11.4. The number of carboxylic acid groups (broad SMARTS) is 2. The molecule has 0 heterocycles. The Labute approximate surface area is 108 Å². The van der Waals surface area contributed by atoms with E-state index in [4.69, 9.17) is 14.9 Å². The summed E-state index contributed by atoms with van der Waals surface area (Å²) in [6, 6.07) is 3.41. The summed E-state index contributed by atoms with van der Waals surface area (Å²) in [5, 5.41) is 20.2. The predicted molar refractivity (Wildman–Crippen MR) is 65.5 cm³/mol. The molecule has 1 amide bonds. The summed E-state index contributed by atoms with van der Waals surface area (Å²) in [6.07, 6.45) is 0.0935. The number of methoxy groups -OCH3 is 1. The van der Waals surface area contributed by atoms with E-state index in [0.717, 1.165) is 6.07 Å². The van der Waals surface area contributed by atoms with Crippen LogP contribution in [-0.2, 0) is 9.53 Å². The first kappa shape index (κ1) is 14.7. The third-order valence-corrected chi connectivity index (χ3v) is 2.24. The van der Waals surface area contributed by atoms with Gasteiger partial charge in [0.2, 0.25) is 5.91 Å². The molecule has 0 atom stereocenters. The minimum atomic E-state index is -1.27. The summed E-state index contributed by atoms with van der Waals surface area (Å²) in [4.78, 5) is 33.2. The van der Waals surface area contributed by atoms with Gasteiger partial charge in [0.1, 0.15) is 0 Å². The van der Waals surface area contributed by atoms with Crippen LogP contribution in [0.3, 0.4) is 0 Å². The number of carbonyl (C=O) groups is 3. The van der Waals surface area contributed by atoms with Crippen LogP contribution in [0.4, 0.5) is 5.69 Å². The van der Waals surface area contributed by atoms with Gasteiger partial charge in [0.25, 0.3) is 0 Å². The number of ether oxygens (including phenoxy) is 1. The molecule has 7 heteroatoms. The maximum Gasteiger partial charge on any atom is 0.335 e. The minimum absolute atomic E-state index is 0.0935. The van der Waals surface area contributed by atoms with Gasteiger partial charge in [-0.05, 0) is 18.2 Å². The molecule has 0 saturated carbocycles. The zero-order valence-electron chi connectivity index (χ0n) is 10.2. The second kappa shape index (κ2) is 6.50. The van der Waals surface area contributed by atoms with Gasteiger partial charge in [-0.15, -0.1) is 0 Å². The van der Waals surface area contributed by atoms with Crippen molar-refractivity contribution < 1.29 is 29.3 Å². The Morgan fingerprint density at radius 1 is 1.11 bits per heavy atom. The molecule has 0 saturated heterocycles. The number of anilines is 1. The zero-order chi connectivity index (χ0) is 14.4. The molecule has 0 aliphatic rings. The lowest BCUT2D eigenvalue weighted by molar-refractivity contribution is -0.117. The van der Waals surface area contributed by atoms with Gasteiger partial charge in [-0.25, -0.2) is 9.59 Å². The van der Waals surface area contributed by atoms with E-state index in [1.807, 2.05) is 0 Å². The lowest BCUT2D eigenvalue weighted by Gasteiger charge is -2.07. The molecule has 0 radical (unpaired) electrons. The molecule has 102 valence electrons. The fourth-order valence-corrected chi connectivity index (χ4v) is 1.36. The highest BCUT2D eigenvalue weighted by Gasteiger charge is 2.12. The number of benzene rings is 1. The second-order valence-corrected chi connectivity index (χ2v) is 3.70. The van der Waals surface area contributed by atoms with Crippen LogP contribution in [0.2, 0.25) is 0 Å². The number of aromatic carboxylic acids is 2. The quantitative estimate of drug-likeness (QED) is 0.710. The number of hydrogen-bond donors (Lipinski definition) is 3. The summed E-state index contributed by atoms with van der Waals surface area (Å²) in [5.41, 5.74) is -0.290. The van der Waals surface area contributed by atoms with Gasteiger partial charge >= 0.3 is 11.9 Å². The molecule has 0 bridgehead atoms. The van der Waals surface area contributed by atoms with E-state index in [2.05, 4.69) is 5.32 Å². The molecule has 1 aromatic rings. The Morgan fingerprint density at radius 3 is 2.05 bits per heavy atom. The lowest BCUT2D eigenvalue weighted by atomic mass is 10.1. The average molecular weight is 267 g/mol. The van der Waals surface area contributed by atoms with Gasteiger partial charge in [-0.1, -0.05) is 0 Å². The van der Waals surface area contributed by atoms with Gasteiger partial charge in [-0.3, -0.25) is 4.79 Å². The third-order valence-electron chi connectivity index (χ3n) is 2.24. The summed E-state index contributed by atoms with van der Waals surface area (Å²) in [5.74, 6) is -2.92. The van der Waals surface area contributed by atoms with Crippen molar-refractivity contribution in [2.75, 3.05) is 19.0 Å². The van der Waals surface area contributed by atoms with Gasteiger partial charge in [0, 0.05) is 12.8 Å². The van der Waals surface area contributed by atoms with Gasteiger partial charge < -0.3 is 20.3 Å². The highest BCUT2D eigenvalue weighted by atomic mass is 16.5. The zero-order valence-corrected chi connectivity index (χ0v) is 10.2. The Balaban J connectivity index is 2.96. The summed E-state index contributed by atoms with van der Waals surface area (Å²) >= 11 is 0. The second-order valence-electron chi connectivity index (χ2n) is 3.70. The highest BCUT2D eigenvalue weighted by molar-refractivity contribution is 5.98. The van der Waals surface area contributed by atoms with Crippen molar-refractivity contribution in [1.29, 1.82) is 0 Å². The van der Waals surface area contributed by atoms with E-state index in [1.165, 1.54) is 19.2 Å². The fourth-order valence-electron chi connectivity index (χ4n) is 1.36. The normalized spacial score (nSPS) is 9.95. The first-order chi connectivity index (χ1) is 8.93. The van der Waals surface area contributed by atoms with E-state index in [9.17, 15) is 14.4 Å². The van der Waals surface area contributed by atoms with Crippen molar-refractivity contribution >= 4 is 23.5 Å². The smallest absolute Gasteiger partial charge is 0.335 e. The Morgan fingerprint density at radius 2 is 1.63 bits per heavy atom. The molecule has 1 rings (SSSR count). The van der Waals surface area contributed by atoms with Crippen LogP contribution in [0.1, 0.15) is 27.1 Å². The summed E-state index contributed by atoms with van der Waals surface area (Å²) < 4.78 is 4.73. The van der Waals surface area contributed by atoms with E-state index >= 15 is 0 Å². The van der Waals surface area contributed by atoms with Crippen LogP contribution in [0.5, 0.6) is 0 Å². The van der Waals surface area contributed by atoms with Crippen LogP contribution in [0.25, 0.3) is 0 Å².